The maximum atomic E-state index is 6.12. The van der Waals surface area contributed by atoms with Crippen molar-refractivity contribution in [2.24, 2.45) is 5.41 Å². The topological polar surface area (TPSA) is 18.5 Å². The van der Waals surface area contributed by atoms with Crippen molar-refractivity contribution in [3.63, 3.8) is 0 Å². The van der Waals surface area contributed by atoms with E-state index in [-0.39, 0.29) is 11.0 Å². The maximum Gasteiger partial charge on any atom is 0.118 e. The summed E-state index contributed by atoms with van der Waals surface area (Å²) >= 11 is 0. The Morgan fingerprint density at radius 2 is 1.88 bits per heavy atom. The summed E-state index contributed by atoms with van der Waals surface area (Å²) in [6.45, 7) is 7.58. The Morgan fingerprint density at radius 3 is 2.29 bits per heavy atom. The normalized spacial score (nSPS) is 27.1. The molecular weight excluding hydrogens is 212 g/mol. The summed E-state index contributed by atoms with van der Waals surface area (Å²) in [6.07, 6.45) is 2.10. The second-order valence-electron chi connectivity index (χ2n) is 5.71. The van der Waals surface area contributed by atoms with Crippen LogP contribution < -0.4 is 4.74 Å². The highest BCUT2D eigenvalue weighted by Gasteiger charge is 2.44. The smallest absolute Gasteiger partial charge is 0.118 e. The lowest BCUT2D eigenvalue weighted by molar-refractivity contribution is -0.00524. The van der Waals surface area contributed by atoms with Crippen molar-refractivity contribution in [2.45, 2.75) is 39.2 Å². The Morgan fingerprint density at radius 1 is 1.24 bits per heavy atom. The first-order chi connectivity index (χ1) is 8.01. The molecule has 1 heterocycles. The fourth-order valence-corrected chi connectivity index (χ4v) is 2.72. The van der Waals surface area contributed by atoms with Crippen LogP contribution in [0.25, 0.3) is 0 Å². The molecule has 1 aliphatic rings. The molecule has 0 bridgehead atoms. The van der Waals surface area contributed by atoms with Crippen molar-refractivity contribution >= 4 is 0 Å². The van der Waals surface area contributed by atoms with Crippen LogP contribution in [0.15, 0.2) is 24.3 Å². The predicted molar refractivity (Wildman–Crippen MR) is 69.3 cm³/mol. The Bertz CT molecular complexity index is 380. The van der Waals surface area contributed by atoms with Crippen LogP contribution in [0.1, 0.15) is 39.2 Å². The van der Waals surface area contributed by atoms with Gasteiger partial charge in [-0.2, -0.15) is 0 Å². The highest BCUT2D eigenvalue weighted by Crippen LogP contribution is 2.47. The SMILES string of the molecule is CCC1(c2ccc(OC)cc2)CC(C)(C)CO1. The van der Waals surface area contributed by atoms with E-state index in [0.717, 1.165) is 25.2 Å². The van der Waals surface area contributed by atoms with E-state index in [0.29, 0.717) is 0 Å². The molecule has 94 valence electrons. The summed E-state index contributed by atoms with van der Waals surface area (Å²) in [5, 5.41) is 0. The van der Waals surface area contributed by atoms with Gasteiger partial charge in [-0.1, -0.05) is 32.9 Å². The van der Waals surface area contributed by atoms with Gasteiger partial charge in [-0.25, -0.2) is 0 Å². The van der Waals surface area contributed by atoms with Gasteiger partial charge in [-0.05, 0) is 36.0 Å². The first kappa shape index (κ1) is 12.4. The molecule has 0 aromatic heterocycles. The van der Waals surface area contributed by atoms with Crippen LogP contribution in [0.2, 0.25) is 0 Å². The number of ether oxygens (including phenoxy) is 2. The summed E-state index contributed by atoms with van der Waals surface area (Å²) in [7, 11) is 1.69. The monoisotopic (exact) mass is 234 g/mol. The van der Waals surface area contributed by atoms with Crippen LogP contribution in [0.4, 0.5) is 0 Å². The number of methoxy groups -OCH3 is 1. The van der Waals surface area contributed by atoms with Crippen LogP contribution in [-0.2, 0) is 10.3 Å². The van der Waals surface area contributed by atoms with Gasteiger partial charge < -0.3 is 9.47 Å². The first-order valence-electron chi connectivity index (χ1n) is 6.30. The van der Waals surface area contributed by atoms with Gasteiger partial charge in [0.15, 0.2) is 0 Å². The molecule has 0 spiro atoms. The van der Waals surface area contributed by atoms with Gasteiger partial charge >= 0.3 is 0 Å². The Kier molecular flexibility index (Phi) is 3.17. The van der Waals surface area contributed by atoms with Gasteiger partial charge in [0.05, 0.1) is 19.3 Å². The quantitative estimate of drug-likeness (QED) is 0.793. The largest absolute Gasteiger partial charge is 0.497 e. The minimum atomic E-state index is -0.101. The number of hydrogen-bond donors (Lipinski definition) is 0. The lowest BCUT2D eigenvalue weighted by Crippen LogP contribution is -2.24. The van der Waals surface area contributed by atoms with E-state index in [1.807, 2.05) is 12.1 Å². The highest BCUT2D eigenvalue weighted by atomic mass is 16.5. The van der Waals surface area contributed by atoms with Crippen molar-refractivity contribution in [1.82, 2.24) is 0 Å². The number of rotatable bonds is 3. The van der Waals surface area contributed by atoms with E-state index >= 15 is 0 Å². The zero-order valence-corrected chi connectivity index (χ0v) is 11.2. The van der Waals surface area contributed by atoms with Crippen LogP contribution in [0, 0.1) is 5.41 Å². The third-order valence-electron chi connectivity index (χ3n) is 3.69. The van der Waals surface area contributed by atoms with Gasteiger partial charge in [0, 0.05) is 0 Å². The Balaban J connectivity index is 2.29. The van der Waals surface area contributed by atoms with E-state index in [1.165, 1.54) is 5.56 Å². The molecule has 0 aliphatic carbocycles. The second-order valence-corrected chi connectivity index (χ2v) is 5.71. The standard InChI is InChI=1S/C15H22O2/c1-5-15(10-14(2,3)11-17-15)12-6-8-13(16-4)9-7-12/h6-9H,5,10-11H2,1-4H3. The Labute approximate surface area is 104 Å². The Hall–Kier alpha value is -1.02. The van der Waals surface area contributed by atoms with Crippen LogP contribution in [0.5, 0.6) is 5.75 Å². The molecule has 0 radical (unpaired) electrons. The third kappa shape index (κ3) is 2.32. The van der Waals surface area contributed by atoms with Gasteiger partial charge in [0.25, 0.3) is 0 Å². The highest BCUT2D eigenvalue weighted by molar-refractivity contribution is 5.31. The van der Waals surface area contributed by atoms with Crippen LogP contribution in [0.3, 0.4) is 0 Å². The van der Waals surface area contributed by atoms with Crippen molar-refractivity contribution in [2.75, 3.05) is 13.7 Å². The third-order valence-corrected chi connectivity index (χ3v) is 3.69. The zero-order valence-electron chi connectivity index (χ0n) is 11.2. The molecule has 1 aromatic rings. The van der Waals surface area contributed by atoms with E-state index in [4.69, 9.17) is 9.47 Å². The molecule has 1 fully saturated rings. The van der Waals surface area contributed by atoms with Crippen LogP contribution in [-0.4, -0.2) is 13.7 Å². The molecule has 2 rings (SSSR count). The minimum Gasteiger partial charge on any atom is -0.497 e. The molecule has 0 N–H and O–H groups in total. The van der Waals surface area contributed by atoms with Crippen LogP contribution >= 0.6 is 0 Å². The van der Waals surface area contributed by atoms with E-state index in [9.17, 15) is 0 Å². The van der Waals surface area contributed by atoms with Crippen molar-refractivity contribution < 1.29 is 9.47 Å². The molecule has 1 saturated heterocycles. The molecule has 2 nitrogen and oxygen atoms in total. The van der Waals surface area contributed by atoms with Crippen molar-refractivity contribution in [3.05, 3.63) is 29.8 Å². The summed E-state index contributed by atoms with van der Waals surface area (Å²) < 4.78 is 11.3. The minimum absolute atomic E-state index is 0.101. The fraction of sp³-hybridized carbons (Fsp3) is 0.600. The van der Waals surface area contributed by atoms with E-state index < -0.39 is 0 Å². The molecule has 2 heteroatoms. The lowest BCUT2D eigenvalue weighted by atomic mass is 9.79. The lowest BCUT2D eigenvalue weighted by Gasteiger charge is -2.28. The molecule has 1 aromatic carbocycles. The van der Waals surface area contributed by atoms with Crippen molar-refractivity contribution in [3.8, 4) is 5.75 Å². The molecule has 0 amide bonds. The molecular formula is C15H22O2. The molecule has 1 atom stereocenters. The number of hydrogen-bond acceptors (Lipinski definition) is 2. The van der Waals surface area contributed by atoms with Gasteiger partial charge in [-0.3, -0.25) is 0 Å². The summed E-state index contributed by atoms with van der Waals surface area (Å²) in [6, 6.07) is 8.29. The van der Waals surface area contributed by atoms with Crippen molar-refractivity contribution in [1.29, 1.82) is 0 Å². The van der Waals surface area contributed by atoms with Gasteiger partial charge in [0.1, 0.15) is 5.75 Å². The molecule has 0 saturated carbocycles. The second kappa shape index (κ2) is 4.34. The summed E-state index contributed by atoms with van der Waals surface area (Å²) in [5.41, 5.74) is 1.44. The summed E-state index contributed by atoms with van der Waals surface area (Å²) in [4.78, 5) is 0. The summed E-state index contributed by atoms with van der Waals surface area (Å²) in [5.74, 6) is 0.900. The van der Waals surface area contributed by atoms with E-state index in [1.54, 1.807) is 7.11 Å². The predicted octanol–water partition coefficient (Wildman–Crippen LogP) is 3.75. The van der Waals surface area contributed by atoms with Gasteiger partial charge in [0.2, 0.25) is 0 Å². The average molecular weight is 234 g/mol. The van der Waals surface area contributed by atoms with Gasteiger partial charge in [-0.15, -0.1) is 0 Å². The van der Waals surface area contributed by atoms with E-state index in [2.05, 4.69) is 32.9 Å². The fourth-order valence-electron chi connectivity index (χ4n) is 2.72. The first-order valence-corrected chi connectivity index (χ1v) is 6.30. The zero-order chi connectivity index (χ0) is 12.5. The molecule has 17 heavy (non-hydrogen) atoms. The number of benzene rings is 1. The average Bonchev–Trinajstić information content (AvgIpc) is 2.66. The maximum absolute atomic E-state index is 6.12. The molecule has 1 aliphatic heterocycles. The molecule has 1 unspecified atom stereocenters.